The van der Waals surface area contributed by atoms with Gasteiger partial charge in [-0.15, -0.1) is 0 Å². The number of nitrogens with one attached hydrogen (secondary N) is 1. The van der Waals surface area contributed by atoms with Crippen molar-refractivity contribution in [2.75, 3.05) is 10.6 Å². The second-order valence-corrected chi connectivity index (χ2v) is 6.32. The van der Waals surface area contributed by atoms with Crippen LogP contribution in [-0.4, -0.2) is 33.5 Å². The van der Waals surface area contributed by atoms with Gasteiger partial charge in [-0.25, -0.2) is 9.78 Å². The Hall–Kier alpha value is -4.49. The molecule has 7 nitrogen and oxygen atoms in total. The zero-order valence-electron chi connectivity index (χ0n) is 15.9. The topological polar surface area (TPSA) is 112 Å². The highest BCUT2D eigenvalue weighted by Gasteiger charge is 2.26. The number of aromatic amines is 1. The Morgan fingerprint density at radius 2 is 1.90 bits per heavy atom. The van der Waals surface area contributed by atoms with Gasteiger partial charge in [0.2, 0.25) is 6.41 Å². The lowest BCUT2D eigenvalue weighted by Crippen LogP contribution is -2.42. The minimum absolute atomic E-state index is 0.106. The molecule has 1 heterocycles. The van der Waals surface area contributed by atoms with Crippen molar-refractivity contribution in [2.24, 2.45) is 0 Å². The van der Waals surface area contributed by atoms with Crippen molar-refractivity contribution in [2.45, 2.75) is 12.5 Å². The number of imidazole rings is 1. The Labute approximate surface area is 173 Å². The van der Waals surface area contributed by atoms with Crippen LogP contribution < -0.4 is 10.6 Å². The number of aromatic nitrogens is 2. The molecule has 0 bridgehead atoms. The van der Waals surface area contributed by atoms with Gasteiger partial charge in [-0.2, -0.15) is 0 Å². The average molecular weight is 398 g/mol. The maximum Gasteiger partial charge on any atom is 0.327 e. The number of anilines is 2. The number of nitrogens with zero attached hydrogens (tertiary/aromatic N) is 2. The van der Waals surface area contributed by atoms with Crippen LogP contribution >= 0.6 is 0 Å². The first-order valence-electron chi connectivity index (χ1n) is 8.98. The van der Waals surface area contributed by atoms with E-state index in [1.165, 1.54) is 17.4 Å². The number of rotatable bonds is 6. The third kappa shape index (κ3) is 5.28. The predicted octanol–water partition coefficient (Wildman–Crippen LogP) is 2.05. The van der Waals surface area contributed by atoms with Crippen molar-refractivity contribution in [1.29, 1.82) is 0 Å². The van der Waals surface area contributed by atoms with E-state index in [0.29, 0.717) is 29.0 Å². The number of hydrogen-bond donors (Lipinski definition) is 3. The number of aliphatic carboxylic acids is 1. The van der Waals surface area contributed by atoms with Crippen LogP contribution in [0.3, 0.4) is 0 Å². The summed E-state index contributed by atoms with van der Waals surface area (Å²) in [5, 5.41) is 9.56. The van der Waals surface area contributed by atoms with E-state index in [1.807, 2.05) is 12.1 Å². The molecule has 1 atom stereocenters. The summed E-state index contributed by atoms with van der Waals surface area (Å²) in [5.41, 5.74) is 8.88. The molecule has 7 heteroatoms. The maximum absolute atomic E-state index is 11.7. The van der Waals surface area contributed by atoms with Crippen molar-refractivity contribution < 1.29 is 14.7 Å². The van der Waals surface area contributed by atoms with Gasteiger partial charge in [0.25, 0.3) is 0 Å². The van der Waals surface area contributed by atoms with E-state index < -0.39 is 12.0 Å². The monoisotopic (exact) mass is 398 g/mol. The average Bonchev–Trinajstić information content (AvgIpc) is 3.25. The Morgan fingerprint density at radius 1 is 1.17 bits per heavy atom. The van der Waals surface area contributed by atoms with Crippen LogP contribution in [0.5, 0.6) is 0 Å². The number of carboxylic acid groups (broad SMARTS) is 1. The molecule has 0 aliphatic carbocycles. The highest BCUT2D eigenvalue weighted by molar-refractivity contribution is 5.88. The third-order valence-corrected chi connectivity index (χ3v) is 4.23. The summed E-state index contributed by atoms with van der Waals surface area (Å²) in [5.74, 6) is 10.2. The lowest BCUT2D eigenvalue weighted by atomic mass is 10.1. The van der Waals surface area contributed by atoms with Crippen LogP contribution in [0.25, 0.3) is 0 Å². The van der Waals surface area contributed by atoms with Gasteiger partial charge in [0.05, 0.1) is 6.33 Å². The van der Waals surface area contributed by atoms with E-state index >= 15 is 0 Å². The zero-order valence-corrected chi connectivity index (χ0v) is 15.9. The number of benzene rings is 2. The Balaban J connectivity index is 1.74. The highest BCUT2D eigenvalue weighted by Crippen LogP contribution is 2.18. The smallest absolute Gasteiger partial charge is 0.327 e. The van der Waals surface area contributed by atoms with Crippen LogP contribution in [0.4, 0.5) is 11.4 Å². The molecule has 3 rings (SSSR count). The Morgan fingerprint density at radius 3 is 2.50 bits per heavy atom. The van der Waals surface area contributed by atoms with Gasteiger partial charge in [-0.3, -0.25) is 4.79 Å². The lowest BCUT2D eigenvalue weighted by molar-refractivity contribution is -0.139. The van der Waals surface area contributed by atoms with Crippen LogP contribution in [0.1, 0.15) is 16.8 Å². The summed E-state index contributed by atoms with van der Waals surface area (Å²) in [4.78, 5) is 31.2. The molecule has 0 unspecified atom stereocenters. The van der Waals surface area contributed by atoms with Crippen molar-refractivity contribution >= 4 is 23.8 Å². The van der Waals surface area contributed by atoms with E-state index in [2.05, 4.69) is 33.6 Å². The fourth-order valence-corrected chi connectivity index (χ4v) is 2.76. The van der Waals surface area contributed by atoms with Gasteiger partial charge in [0.1, 0.15) is 6.04 Å². The molecule has 30 heavy (non-hydrogen) atoms. The summed E-state index contributed by atoms with van der Waals surface area (Å²) in [6.45, 7) is 0. The summed E-state index contributed by atoms with van der Waals surface area (Å²) >= 11 is 0. The summed E-state index contributed by atoms with van der Waals surface area (Å²) in [6.07, 6.45) is 3.60. The van der Waals surface area contributed by atoms with Gasteiger partial charge < -0.3 is 20.7 Å². The molecule has 4 N–H and O–H groups in total. The van der Waals surface area contributed by atoms with Crippen LogP contribution in [0.15, 0.2) is 61.1 Å². The number of nitrogen functional groups attached to an aromatic ring is 1. The first kappa shape index (κ1) is 20.2. The summed E-state index contributed by atoms with van der Waals surface area (Å²) < 4.78 is 0. The van der Waals surface area contributed by atoms with Gasteiger partial charge in [0, 0.05) is 40.8 Å². The standard InChI is InChI=1S/C23H18N4O3/c24-19-7-3-6-18(12-19)5-2-1-4-17-8-10-21(11-9-17)27(16-28)22(23(29)30)13-20-14-25-15-26-20/h3,6-12,14-16,22H,13,24H2,(H,25,26)(H,29,30)/t22-/m0/s1. The van der Waals surface area contributed by atoms with E-state index in [-0.39, 0.29) is 6.42 Å². The highest BCUT2D eigenvalue weighted by atomic mass is 16.4. The van der Waals surface area contributed by atoms with Gasteiger partial charge in [0.15, 0.2) is 0 Å². The number of carbonyl (C=O) groups is 2. The number of nitrogens with two attached hydrogens (primary N) is 1. The molecule has 148 valence electrons. The van der Waals surface area contributed by atoms with Gasteiger partial charge >= 0.3 is 5.97 Å². The molecule has 0 saturated heterocycles. The number of amides is 1. The fourth-order valence-electron chi connectivity index (χ4n) is 2.76. The SMILES string of the molecule is Nc1cccc(C#CC#Cc2ccc(N(C=O)[C@@H](Cc3cnc[nH]3)C(=O)O)cc2)c1. The summed E-state index contributed by atoms with van der Waals surface area (Å²) in [7, 11) is 0. The summed E-state index contributed by atoms with van der Waals surface area (Å²) in [6, 6.07) is 12.8. The van der Waals surface area contributed by atoms with Crippen LogP contribution in [-0.2, 0) is 16.0 Å². The molecular formula is C23H18N4O3. The van der Waals surface area contributed by atoms with Crippen molar-refractivity contribution in [3.8, 4) is 23.7 Å². The minimum atomic E-state index is -1.11. The Bertz CT molecular complexity index is 1150. The molecule has 1 amide bonds. The third-order valence-electron chi connectivity index (χ3n) is 4.23. The molecule has 2 aromatic carbocycles. The van der Waals surface area contributed by atoms with Gasteiger partial charge in [-0.05, 0) is 54.3 Å². The quantitative estimate of drug-likeness (QED) is 0.334. The molecule has 0 fully saturated rings. The number of hydrogen-bond acceptors (Lipinski definition) is 4. The molecule has 1 aromatic heterocycles. The van der Waals surface area contributed by atoms with Crippen LogP contribution in [0, 0.1) is 23.7 Å². The zero-order chi connectivity index (χ0) is 21.3. The van der Waals surface area contributed by atoms with E-state index in [0.717, 1.165) is 5.56 Å². The molecule has 0 radical (unpaired) electrons. The number of H-pyrrole nitrogens is 1. The second kappa shape index (κ2) is 9.63. The van der Waals surface area contributed by atoms with E-state index in [9.17, 15) is 14.7 Å². The maximum atomic E-state index is 11.7. The molecular weight excluding hydrogens is 380 g/mol. The molecule has 0 aliphatic heterocycles. The second-order valence-electron chi connectivity index (χ2n) is 6.32. The van der Waals surface area contributed by atoms with Crippen molar-refractivity contribution in [3.05, 3.63) is 77.9 Å². The number of carboxylic acids is 1. The first-order chi connectivity index (χ1) is 14.6. The molecule has 0 saturated carbocycles. The predicted molar refractivity (Wildman–Crippen MR) is 113 cm³/mol. The lowest BCUT2D eigenvalue weighted by Gasteiger charge is -2.24. The molecule has 0 aliphatic rings. The molecule has 0 spiro atoms. The van der Waals surface area contributed by atoms with Crippen molar-refractivity contribution in [1.82, 2.24) is 9.97 Å². The van der Waals surface area contributed by atoms with Gasteiger partial charge in [-0.1, -0.05) is 17.9 Å². The minimum Gasteiger partial charge on any atom is -0.480 e. The fraction of sp³-hybridized carbons (Fsp3) is 0.0870. The normalized spacial score (nSPS) is 10.7. The van der Waals surface area contributed by atoms with Crippen molar-refractivity contribution in [3.63, 3.8) is 0 Å². The number of carbonyl (C=O) groups excluding carboxylic acids is 1. The molecule has 3 aromatic rings. The first-order valence-corrected chi connectivity index (χ1v) is 8.98. The van der Waals surface area contributed by atoms with Crippen LogP contribution in [0.2, 0.25) is 0 Å². The Kier molecular flexibility index (Phi) is 6.50. The van der Waals surface area contributed by atoms with E-state index in [1.54, 1.807) is 36.4 Å². The van der Waals surface area contributed by atoms with E-state index in [4.69, 9.17) is 5.73 Å². The largest absolute Gasteiger partial charge is 0.480 e.